The number of hydrogen-bond acceptors (Lipinski definition) is 7. The maximum Gasteiger partial charge on any atom is 0.251 e. The van der Waals surface area contributed by atoms with Gasteiger partial charge in [0.1, 0.15) is 0 Å². The number of nitrogen functional groups attached to an aromatic ring is 2. The number of amides is 1. The lowest BCUT2D eigenvalue weighted by Gasteiger charge is -2.15. The number of carbonyl (C=O) groups excluding carboxylic acids is 1. The first-order valence-electron chi connectivity index (χ1n) is 8.32. The van der Waals surface area contributed by atoms with Crippen LogP contribution in [0, 0.1) is 12.3 Å². The van der Waals surface area contributed by atoms with Crippen molar-refractivity contribution in [3.63, 3.8) is 0 Å². The summed E-state index contributed by atoms with van der Waals surface area (Å²) in [6.45, 7) is 0. The molecule has 5 N–H and O–H groups in total. The summed E-state index contributed by atoms with van der Waals surface area (Å²) in [4.78, 5) is 28.4. The van der Waals surface area contributed by atoms with Crippen LogP contribution in [0.25, 0.3) is 11.2 Å². The van der Waals surface area contributed by atoms with Crippen LogP contribution in [0.1, 0.15) is 34.0 Å². The fourth-order valence-corrected chi connectivity index (χ4v) is 2.83. The van der Waals surface area contributed by atoms with Gasteiger partial charge in [0.2, 0.25) is 5.95 Å². The van der Waals surface area contributed by atoms with E-state index in [0.717, 1.165) is 11.3 Å². The van der Waals surface area contributed by atoms with E-state index < -0.39 is 0 Å². The number of nitrogens with two attached hydrogens (primary N) is 2. The number of carbonyl (C=O) groups is 1. The zero-order valence-corrected chi connectivity index (χ0v) is 14.8. The zero-order chi connectivity index (χ0) is 19.4. The van der Waals surface area contributed by atoms with Gasteiger partial charge in [0.25, 0.3) is 5.91 Å². The van der Waals surface area contributed by atoms with Crippen LogP contribution in [-0.4, -0.2) is 32.9 Å². The molecule has 2 aromatic heterocycles. The van der Waals surface area contributed by atoms with E-state index >= 15 is 0 Å². The summed E-state index contributed by atoms with van der Waals surface area (Å²) in [5.41, 5.74) is 14.6. The molecule has 0 aliphatic heterocycles. The van der Waals surface area contributed by atoms with Crippen molar-refractivity contribution in [1.82, 2.24) is 25.3 Å². The first-order valence-corrected chi connectivity index (χ1v) is 8.32. The normalized spacial score (nSPS) is 11.7. The molecular formula is C19H19N7O. The van der Waals surface area contributed by atoms with Gasteiger partial charge in [-0.1, -0.05) is 12.1 Å². The molecule has 3 aromatic rings. The Bertz CT molecular complexity index is 1020. The molecule has 27 heavy (non-hydrogen) atoms. The van der Waals surface area contributed by atoms with Crippen LogP contribution in [0.4, 0.5) is 11.8 Å². The number of nitrogens with one attached hydrogen (secondary N) is 1. The zero-order valence-electron chi connectivity index (χ0n) is 14.8. The number of nitrogens with zero attached hydrogens (tertiary/aromatic N) is 4. The van der Waals surface area contributed by atoms with Crippen LogP contribution >= 0.6 is 0 Å². The average molecular weight is 361 g/mol. The molecular weight excluding hydrogens is 342 g/mol. The van der Waals surface area contributed by atoms with Crippen molar-refractivity contribution in [3.8, 4) is 12.3 Å². The highest BCUT2D eigenvalue weighted by Crippen LogP contribution is 2.25. The molecule has 0 spiro atoms. The van der Waals surface area contributed by atoms with E-state index in [1.165, 1.54) is 0 Å². The van der Waals surface area contributed by atoms with Crippen LogP contribution in [0.2, 0.25) is 0 Å². The lowest BCUT2D eigenvalue weighted by atomic mass is 9.91. The van der Waals surface area contributed by atoms with Crippen molar-refractivity contribution < 1.29 is 4.79 Å². The predicted molar refractivity (Wildman–Crippen MR) is 104 cm³/mol. The molecule has 136 valence electrons. The fourth-order valence-electron chi connectivity index (χ4n) is 2.83. The Morgan fingerprint density at radius 1 is 1.22 bits per heavy atom. The fraction of sp³-hybridized carbons (Fsp3) is 0.211. The Hall–Kier alpha value is -3.73. The third-order valence-corrected chi connectivity index (χ3v) is 4.19. The van der Waals surface area contributed by atoms with Crippen LogP contribution in [0.3, 0.4) is 0 Å². The number of aromatic nitrogens is 4. The molecule has 2 heterocycles. The summed E-state index contributed by atoms with van der Waals surface area (Å²) < 4.78 is 0. The molecule has 1 unspecified atom stereocenters. The topological polar surface area (TPSA) is 133 Å². The second-order valence-corrected chi connectivity index (χ2v) is 6.01. The number of fused-ring (bicyclic) bond motifs is 1. The molecule has 1 atom stereocenters. The van der Waals surface area contributed by atoms with E-state index in [1.807, 2.05) is 12.1 Å². The number of terminal acetylenes is 1. The first-order chi connectivity index (χ1) is 13.0. The highest BCUT2D eigenvalue weighted by molar-refractivity contribution is 5.93. The Morgan fingerprint density at radius 3 is 2.63 bits per heavy atom. The van der Waals surface area contributed by atoms with Crippen molar-refractivity contribution in [2.24, 2.45) is 0 Å². The summed E-state index contributed by atoms with van der Waals surface area (Å²) in [6.07, 6.45) is 8.27. The molecule has 0 fully saturated rings. The van der Waals surface area contributed by atoms with Gasteiger partial charge in [-0.05, 0) is 24.1 Å². The Kier molecular flexibility index (Phi) is 5.13. The van der Waals surface area contributed by atoms with E-state index in [-0.39, 0.29) is 23.6 Å². The summed E-state index contributed by atoms with van der Waals surface area (Å²) in [7, 11) is 1.60. The van der Waals surface area contributed by atoms with Crippen LogP contribution in [-0.2, 0) is 6.42 Å². The van der Waals surface area contributed by atoms with Gasteiger partial charge in [0.05, 0.1) is 11.9 Å². The van der Waals surface area contributed by atoms with Crippen molar-refractivity contribution in [3.05, 3.63) is 47.3 Å². The lowest BCUT2D eigenvalue weighted by Crippen LogP contribution is -2.17. The minimum Gasteiger partial charge on any atom is -0.382 e. The highest BCUT2D eigenvalue weighted by Gasteiger charge is 2.15. The predicted octanol–water partition coefficient (Wildman–Crippen LogP) is 1.29. The average Bonchev–Trinajstić information content (AvgIpc) is 2.67. The summed E-state index contributed by atoms with van der Waals surface area (Å²) in [5.74, 6) is 2.84. The molecule has 3 rings (SSSR count). The van der Waals surface area contributed by atoms with Gasteiger partial charge >= 0.3 is 0 Å². The van der Waals surface area contributed by atoms with Crippen LogP contribution in [0.5, 0.6) is 0 Å². The maximum absolute atomic E-state index is 11.7. The smallest absolute Gasteiger partial charge is 0.251 e. The monoisotopic (exact) mass is 361 g/mol. The second kappa shape index (κ2) is 7.66. The van der Waals surface area contributed by atoms with Gasteiger partial charge in [0, 0.05) is 24.9 Å². The molecule has 0 aliphatic rings. The summed E-state index contributed by atoms with van der Waals surface area (Å²) in [6, 6.07) is 7.36. The molecule has 0 aliphatic carbocycles. The van der Waals surface area contributed by atoms with E-state index in [4.69, 9.17) is 17.9 Å². The minimum absolute atomic E-state index is 0.0245. The van der Waals surface area contributed by atoms with Gasteiger partial charge in [-0.15, -0.1) is 12.3 Å². The van der Waals surface area contributed by atoms with Crippen LogP contribution in [0.15, 0.2) is 30.5 Å². The largest absolute Gasteiger partial charge is 0.382 e. The molecule has 1 amide bonds. The second-order valence-electron chi connectivity index (χ2n) is 6.01. The lowest BCUT2D eigenvalue weighted by molar-refractivity contribution is 0.0963. The van der Waals surface area contributed by atoms with Gasteiger partial charge in [-0.2, -0.15) is 9.97 Å². The van der Waals surface area contributed by atoms with Gasteiger partial charge in [0.15, 0.2) is 17.0 Å². The van der Waals surface area contributed by atoms with E-state index in [9.17, 15) is 4.79 Å². The molecule has 1 aromatic carbocycles. The molecule has 0 saturated heterocycles. The van der Waals surface area contributed by atoms with Crippen molar-refractivity contribution in [2.75, 3.05) is 18.5 Å². The molecule has 8 nitrogen and oxygen atoms in total. The van der Waals surface area contributed by atoms with Crippen LogP contribution < -0.4 is 16.8 Å². The van der Waals surface area contributed by atoms with Crippen molar-refractivity contribution in [2.45, 2.75) is 18.8 Å². The number of benzene rings is 1. The molecule has 0 bridgehead atoms. The first kappa shape index (κ1) is 18.1. The number of rotatable bonds is 5. The Balaban J connectivity index is 1.89. The third-order valence-electron chi connectivity index (χ3n) is 4.19. The summed E-state index contributed by atoms with van der Waals surface area (Å²) in [5, 5.41) is 2.60. The molecule has 0 saturated carbocycles. The number of anilines is 2. The molecule has 0 radical (unpaired) electrons. The van der Waals surface area contributed by atoms with E-state index in [2.05, 4.69) is 31.2 Å². The SMILES string of the molecule is C#CCC(Cc1cnc2nc(N)nc(N)c2n1)c1ccc(C(=O)NC)cc1. The Morgan fingerprint density at radius 2 is 1.96 bits per heavy atom. The highest BCUT2D eigenvalue weighted by atomic mass is 16.1. The Labute approximate surface area is 156 Å². The van der Waals surface area contributed by atoms with Gasteiger partial charge < -0.3 is 16.8 Å². The third kappa shape index (κ3) is 3.93. The van der Waals surface area contributed by atoms with Crippen molar-refractivity contribution in [1.29, 1.82) is 0 Å². The molecule has 8 heteroatoms. The van der Waals surface area contributed by atoms with E-state index in [1.54, 1.807) is 25.4 Å². The maximum atomic E-state index is 11.7. The quantitative estimate of drug-likeness (QED) is 0.583. The van der Waals surface area contributed by atoms with Gasteiger partial charge in [-0.25, -0.2) is 9.97 Å². The summed E-state index contributed by atoms with van der Waals surface area (Å²) >= 11 is 0. The standard InChI is InChI=1S/C19H19N7O/c1-3-4-13(11-5-7-12(8-6-11)18(27)22-2)9-14-10-23-17-15(24-14)16(20)25-19(21)26-17/h1,5-8,10,13H,4,9H2,2H3,(H,22,27)(H4,20,21,23,25,26). The van der Waals surface area contributed by atoms with E-state index in [0.29, 0.717) is 29.6 Å². The number of hydrogen-bond donors (Lipinski definition) is 3. The van der Waals surface area contributed by atoms with Crippen molar-refractivity contribution >= 4 is 28.8 Å². The van der Waals surface area contributed by atoms with Gasteiger partial charge in [-0.3, -0.25) is 4.79 Å². The minimum atomic E-state index is -0.134.